The van der Waals surface area contributed by atoms with Crippen LogP contribution in [-0.2, 0) is 0 Å². The summed E-state index contributed by atoms with van der Waals surface area (Å²) >= 11 is 0. The van der Waals surface area contributed by atoms with Crippen LogP contribution >= 0.6 is 0 Å². The number of amides is 1. The van der Waals surface area contributed by atoms with Crippen LogP contribution in [0.25, 0.3) is 21.8 Å². The molecule has 118 valence electrons. The third-order valence-corrected chi connectivity index (χ3v) is 3.91. The summed E-state index contributed by atoms with van der Waals surface area (Å²) in [6.07, 6.45) is 0. The molecule has 2 aromatic carbocycles. The summed E-state index contributed by atoms with van der Waals surface area (Å²) in [5.74, 6) is -0.601. The highest BCUT2D eigenvalue weighted by molar-refractivity contribution is 5.99. The maximum absolute atomic E-state index is 12.2. The lowest BCUT2D eigenvalue weighted by atomic mass is 10.2. The topological polar surface area (TPSA) is 93.6 Å². The van der Waals surface area contributed by atoms with Crippen LogP contribution in [0.1, 0.15) is 16.1 Å². The fraction of sp³-hybridized carbons (Fsp3) is 0.0556. The lowest BCUT2D eigenvalue weighted by Crippen LogP contribution is -1.92. The first-order valence-electron chi connectivity index (χ1n) is 7.47. The molecule has 24 heavy (non-hydrogen) atoms. The first kappa shape index (κ1) is 14.2. The molecule has 0 fully saturated rings. The molecule has 6 nitrogen and oxygen atoms in total. The van der Waals surface area contributed by atoms with Crippen molar-refractivity contribution in [1.29, 1.82) is 0 Å². The number of nitrogens with zero attached hydrogens (tertiary/aromatic N) is 2. The Hall–Kier alpha value is -3.41. The van der Waals surface area contributed by atoms with E-state index in [1.54, 1.807) is 6.07 Å². The van der Waals surface area contributed by atoms with Crippen molar-refractivity contribution in [3.63, 3.8) is 0 Å². The van der Waals surface area contributed by atoms with Gasteiger partial charge in [0.05, 0.1) is 5.52 Å². The van der Waals surface area contributed by atoms with Gasteiger partial charge in [0.2, 0.25) is 5.88 Å². The van der Waals surface area contributed by atoms with Crippen LogP contribution in [0, 0.1) is 6.92 Å². The molecule has 4 rings (SSSR count). The van der Waals surface area contributed by atoms with Crippen LogP contribution in [0.4, 0.5) is 5.69 Å². The van der Waals surface area contributed by atoms with Gasteiger partial charge < -0.3 is 15.1 Å². The Morgan fingerprint density at radius 3 is 2.71 bits per heavy atom. The maximum atomic E-state index is 12.2. The number of carbonyl (C=O) groups excluding carboxylic acids is 1. The van der Waals surface area contributed by atoms with Crippen molar-refractivity contribution in [3.05, 3.63) is 59.8 Å². The Bertz CT molecular complexity index is 1070. The van der Waals surface area contributed by atoms with E-state index >= 15 is 0 Å². The fourth-order valence-corrected chi connectivity index (χ4v) is 2.72. The van der Waals surface area contributed by atoms with Gasteiger partial charge in [0, 0.05) is 16.3 Å². The van der Waals surface area contributed by atoms with Gasteiger partial charge in [0.15, 0.2) is 5.69 Å². The summed E-state index contributed by atoms with van der Waals surface area (Å²) in [5, 5.41) is 19.4. The number of hydrogen-bond acceptors (Lipinski definition) is 3. The van der Waals surface area contributed by atoms with E-state index in [-0.39, 0.29) is 11.6 Å². The van der Waals surface area contributed by atoms with Gasteiger partial charge in [-0.1, -0.05) is 29.8 Å². The van der Waals surface area contributed by atoms with Crippen LogP contribution in [-0.4, -0.2) is 21.0 Å². The number of aromatic nitrogens is 2. The highest BCUT2D eigenvalue weighted by Crippen LogP contribution is 2.36. The predicted molar refractivity (Wildman–Crippen MR) is 91.8 cm³/mol. The first-order chi connectivity index (χ1) is 11.6. The number of rotatable bonds is 2. The second-order valence-electron chi connectivity index (χ2n) is 5.65. The lowest BCUT2D eigenvalue weighted by molar-refractivity contribution is 0.0991. The number of aromatic hydroxyl groups is 1. The van der Waals surface area contributed by atoms with Crippen molar-refractivity contribution in [2.24, 2.45) is 10.2 Å². The third kappa shape index (κ3) is 2.34. The smallest absolute Gasteiger partial charge is 0.311 e. The summed E-state index contributed by atoms with van der Waals surface area (Å²) in [6, 6.07) is 15.0. The number of benzene rings is 2. The van der Waals surface area contributed by atoms with Gasteiger partial charge in [0.25, 0.3) is 0 Å². The Labute approximate surface area is 136 Å². The highest BCUT2D eigenvalue weighted by atomic mass is 16.3. The number of para-hydroxylation sites is 1. The van der Waals surface area contributed by atoms with E-state index in [1.807, 2.05) is 49.4 Å². The van der Waals surface area contributed by atoms with Gasteiger partial charge in [-0.3, -0.25) is 4.79 Å². The van der Waals surface area contributed by atoms with Gasteiger partial charge in [-0.25, -0.2) is 0 Å². The summed E-state index contributed by atoms with van der Waals surface area (Å²) in [7, 11) is 0. The number of fused-ring (bicyclic) bond motifs is 2. The molecule has 2 heterocycles. The Morgan fingerprint density at radius 2 is 1.88 bits per heavy atom. The maximum Gasteiger partial charge on any atom is 0.311 e. The van der Waals surface area contributed by atoms with Crippen molar-refractivity contribution < 1.29 is 9.90 Å². The number of hydrogen-bond donors (Lipinski definition) is 3. The largest absolute Gasteiger partial charge is 0.493 e. The number of nitrogens with one attached hydrogen (secondary N) is 2. The molecule has 0 unspecified atom stereocenters. The van der Waals surface area contributed by atoms with Gasteiger partial charge in [-0.05, 0) is 31.2 Å². The minimum Gasteiger partial charge on any atom is -0.493 e. The molecule has 0 aliphatic carbocycles. The summed E-state index contributed by atoms with van der Waals surface area (Å²) in [6.45, 7) is 1.94. The molecule has 6 heteroatoms. The molecule has 0 spiro atoms. The summed E-state index contributed by atoms with van der Waals surface area (Å²) < 4.78 is 0. The number of aromatic amines is 2. The molecule has 1 amide bonds. The van der Waals surface area contributed by atoms with Crippen molar-refractivity contribution >= 4 is 33.4 Å². The molecular formula is C18H14N4O2. The zero-order valence-corrected chi connectivity index (χ0v) is 12.9. The quantitative estimate of drug-likeness (QED) is 0.472. The van der Waals surface area contributed by atoms with Crippen LogP contribution in [0.3, 0.4) is 0 Å². The lowest BCUT2D eigenvalue weighted by Gasteiger charge is -1.94. The molecule has 0 saturated heterocycles. The number of H-pyrrole nitrogens is 2. The van der Waals surface area contributed by atoms with Crippen molar-refractivity contribution in [1.82, 2.24) is 9.97 Å². The molecule has 0 radical (unpaired) electrons. The minimum absolute atomic E-state index is 0.108. The van der Waals surface area contributed by atoms with Gasteiger partial charge in [-0.15, -0.1) is 10.2 Å². The molecule has 0 saturated carbocycles. The standard InChI is InChI=1S/C18H14N4O2/c1-10-6-7-14-12(8-10)16(18(24)20-14)21-22-17(23)15-9-11-4-2-3-5-13(11)19-15/h2-9,19-20,24H,1H3. The number of aryl methyl sites for hydroxylation is 1. The highest BCUT2D eigenvalue weighted by Gasteiger charge is 2.13. The summed E-state index contributed by atoms with van der Waals surface area (Å²) in [5.41, 5.74) is 3.25. The van der Waals surface area contributed by atoms with E-state index in [1.165, 1.54) is 0 Å². The molecule has 0 aliphatic heterocycles. The first-order valence-corrected chi connectivity index (χ1v) is 7.47. The average Bonchev–Trinajstić information content (AvgIpc) is 3.13. The van der Waals surface area contributed by atoms with E-state index < -0.39 is 5.91 Å². The molecule has 4 aromatic rings. The van der Waals surface area contributed by atoms with Gasteiger partial charge in [-0.2, -0.15) is 0 Å². The van der Waals surface area contributed by atoms with E-state index in [9.17, 15) is 9.90 Å². The van der Waals surface area contributed by atoms with E-state index in [0.29, 0.717) is 5.69 Å². The predicted octanol–water partition coefficient (Wildman–Crippen LogP) is 4.59. The fourth-order valence-electron chi connectivity index (χ4n) is 2.72. The SMILES string of the molecule is Cc1ccc2[nH]c(O)c(N=NC(=O)c3cc4ccccc4[nH]3)c2c1. The Morgan fingerprint density at radius 1 is 1.04 bits per heavy atom. The van der Waals surface area contributed by atoms with Crippen molar-refractivity contribution in [3.8, 4) is 5.88 Å². The average molecular weight is 318 g/mol. The van der Waals surface area contributed by atoms with Crippen LogP contribution in [0.5, 0.6) is 5.88 Å². The van der Waals surface area contributed by atoms with Gasteiger partial charge >= 0.3 is 5.91 Å². The molecular weight excluding hydrogens is 304 g/mol. The van der Waals surface area contributed by atoms with Crippen molar-refractivity contribution in [2.45, 2.75) is 6.92 Å². The Balaban J connectivity index is 1.70. The molecule has 0 aliphatic rings. The number of azo groups is 1. The third-order valence-electron chi connectivity index (χ3n) is 3.91. The normalized spacial score (nSPS) is 11.7. The zero-order valence-electron chi connectivity index (χ0n) is 12.9. The van der Waals surface area contributed by atoms with E-state index in [4.69, 9.17) is 0 Å². The van der Waals surface area contributed by atoms with Gasteiger partial charge in [0.1, 0.15) is 5.69 Å². The molecule has 0 bridgehead atoms. The second-order valence-corrected chi connectivity index (χ2v) is 5.65. The van der Waals surface area contributed by atoms with Crippen molar-refractivity contribution in [2.75, 3.05) is 0 Å². The second kappa shape index (κ2) is 5.34. The van der Waals surface area contributed by atoms with Crippen LogP contribution in [0.2, 0.25) is 0 Å². The monoisotopic (exact) mass is 318 g/mol. The summed E-state index contributed by atoms with van der Waals surface area (Å²) in [4.78, 5) is 18.1. The Kier molecular flexibility index (Phi) is 3.16. The minimum atomic E-state index is -0.493. The zero-order chi connectivity index (χ0) is 16.7. The van der Waals surface area contributed by atoms with E-state index in [0.717, 1.165) is 27.4 Å². The molecule has 3 N–H and O–H groups in total. The molecule has 0 atom stereocenters. The molecule has 2 aromatic heterocycles. The van der Waals surface area contributed by atoms with Crippen LogP contribution < -0.4 is 0 Å². The van der Waals surface area contributed by atoms with E-state index in [2.05, 4.69) is 20.2 Å². The van der Waals surface area contributed by atoms with Crippen LogP contribution in [0.15, 0.2) is 58.8 Å². The number of carbonyl (C=O) groups is 1.